The predicted octanol–water partition coefficient (Wildman–Crippen LogP) is 0.508. The van der Waals surface area contributed by atoms with Gasteiger partial charge in [0.05, 0.1) is 0 Å². The van der Waals surface area contributed by atoms with Crippen LogP contribution in [0.3, 0.4) is 0 Å². The van der Waals surface area contributed by atoms with Gasteiger partial charge in [0.15, 0.2) is 0 Å². The van der Waals surface area contributed by atoms with Crippen molar-refractivity contribution in [3.05, 3.63) is 18.5 Å². The lowest BCUT2D eigenvalue weighted by molar-refractivity contribution is 0.628. The highest BCUT2D eigenvalue weighted by Crippen LogP contribution is 2.23. The average molecular weight is 292 g/mol. The maximum absolute atomic E-state index is 5.40. The van der Waals surface area contributed by atoms with Crippen LogP contribution >= 0.6 is 11.8 Å². The second-order valence-electron chi connectivity index (χ2n) is 4.49. The van der Waals surface area contributed by atoms with Gasteiger partial charge in [0.1, 0.15) is 0 Å². The lowest BCUT2D eigenvalue weighted by atomic mass is 10.1. The number of rotatable bonds is 5. The molecule has 0 saturated carbocycles. The molecule has 20 heavy (non-hydrogen) atoms. The topological polar surface area (TPSA) is 107 Å². The third-order valence-corrected chi connectivity index (χ3v) is 4.27. The van der Waals surface area contributed by atoms with E-state index in [4.69, 9.17) is 5.84 Å². The van der Waals surface area contributed by atoms with Gasteiger partial charge in [-0.3, -0.25) is 5.43 Å². The molecule has 0 spiro atoms. The Morgan fingerprint density at radius 3 is 2.95 bits per heavy atom. The number of nitrogens with two attached hydrogens (primary N) is 1. The summed E-state index contributed by atoms with van der Waals surface area (Å²) in [5, 5.41) is 7.36. The van der Waals surface area contributed by atoms with Crippen LogP contribution in [0.4, 0.5) is 11.9 Å². The number of aromatic nitrogens is 5. The summed E-state index contributed by atoms with van der Waals surface area (Å²) < 4.78 is 1.57. The van der Waals surface area contributed by atoms with Gasteiger partial charge in [0.2, 0.25) is 11.9 Å². The van der Waals surface area contributed by atoms with Crippen molar-refractivity contribution in [3.63, 3.8) is 0 Å². The average Bonchev–Trinajstić information content (AvgIpc) is 3.17. The Balaban J connectivity index is 1.77. The molecular weight excluding hydrogens is 276 g/mol. The molecule has 1 aliphatic heterocycles. The fourth-order valence-electron chi connectivity index (χ4n) is 1.98. The van der Waals surface area contributed by atoms with Crippen LogP contribution in [0.25, 0.3) is 5.95 Å². The molecule has 1 fully saturated rings. The van der Waals surface area contributed by atoms with E-state index in [1.807, 2.05) is 17.8 Å². The molecule has 0 aliphatic carbocycles. The number of hydrogen-bond acceptors (Lipinski definition) is 8. The van der Waals surface area contributed by atoms with Crippen molar-refractivity contribution >= 4 is 23.7 Å². The van der Waals surface area contributed by atoms with Crippen LogP contribution in [-0.2, 0) is 0 Å². The van der Waals surface area contributed by atoms with Crippen molar-refractivity contribution in [2.45, 2.75) is 6.42 Å². The highest BCUT2D eigenvalue weighted by atomic mass is 32.2. The van der Waals surface area contributed by atoms with Crippen molar-refractivity contribution in [3.8, 4) is 5.95 Å². The number of nitrogens with zero attached hydrogens (tertiary/aromatic N) is 5. The van der Waals surface area contributed by atoms with E-state index in [-0.39, 0.29) is 0 Å². The lowest BCUT2D eigenvalue weighted by Crippen LogP contribution is -2.19. The first-order valence-corrected chi connectivity index (χ1v) is 7.55. The Kier molecular flexibility index (Phi) is 3.97. The first-order valence-electron chi connectivity index (χ1n) is 6.39. The van der Waals surface area contributed by atoms with E-state index in [1.165, 1.54) is 17.9 Å². The number of anilines is 2. The SMILES string of the molecule is NNc1nc(NCC2CCSC2)nc(-n2cccn2)n1. The van der Waals surface area contributed by atoms with Crippen LogP contribution in [-0.4, -0.2) is 42.8 Å². The highest BCUT2D eigenvalue weighted by molar-refractivity contribution is 7.99. The summed E-state index contributed by atoms with van der Waals surface area (Å²) in [7, 11) is 0. The quantitative estimate of drug-likeness (QED) is 0.540. The van der Waals surface area contributed by atoms with E-state index >= 15 is 0 Å². The summed E-state index contributed by atoms with van der Waals surface area (Å²) in [6.45, 7) is 0.861. The van der Waals surface area contributed by atoms with E-state index in [2.05, 4.69) is 30.8 Å². The van der Waals surface area contributed by atoms with Gasteiger partial charge < -0.3 is 5.32 Å². The van der Waals surface area contributed by atoms with Gasteiger partial charge in [-0.2, -0.15) is 31.8 Å². The lowest BCUT2D eigenvalue weighted by Gasteiger charge is -2.11. The van der Waals surface area contributed by atoms with Gasteiger partial charge in [-0.1, -0.05) is 0 Å². The van der Waals surface area contributed by atoms with E-state index < -0.39 is 0 Å². The molecule has 106 valence electrons. The Morgan fingerprint density at radius 1 is 1.35 bits per heavy atom. The van der Waals surface area contributed by atoms with E-state index in [0.29, 0.717) is 23.8 Å². The van der Waals surface area contributed by atoms with Crippen LogP contribution in [0.2, 0.25) is 0 Å². The van der Waals surface area contributed by atoms with Gasteiger partial charge >= 0.3 is 0 Å². The molecule has 1 atom stereocenters. The Labute approximate surface area is 120 Å². The zero-order valence-electron chi connectivity index (χ0n) is 10.9. The summed E-state index contributed by atoms with van der Waals surface area (Å²) in [6.07, 6.45) is 4.67. The molecule has 8 nitrogen and oxygen atoms in total. The third kappa shape index (κ3) is 2.99. The number of hydrazine groups is 1. The normalized spacial score (nSPS) is 18.1. The predicted molar refractivity (Wildman–Crippen MR) is 78.7 cm³/mol. The maximum atomic E-state index is 5.40. The van der Waals surface area contributed by atoms with Gasteiger partial charge in [-0.05, 0) is 29.9 Å². The third-order valence-electron chi connectivity index (χ3n) is 3.03. The number of nitrogens with one attached hydrogen (secondary N) is 2. The number of hydrogen-bond donors (Lipinski definition) is 3. The van der Waals surface area contributed by atoms with Gasteiger partial charge in [0.25, 0.3) is 5.95 Å². The second-order valence-corrected chi connectivity index (χ2v) is 5.64. The number of nitrogen functional groups attached to an aromatic ring is 1. The van der Waals surface area contributed by atoms with E-state index in [9.17, 15) is 0 Å². The summed E-state index contributed by atoms with van der Waals surface area (Å²) in [4.78, 5) is 12.7. The first-order chi connectivity index (χ1) is 9.85. The van der Waals surface area contributed by atoms with Crippen LogP contribution in [0.1, 0.15) is 6.42 Å². The van der Waals surface area contributed by atoms with Crippen LogP contribution in [0, 0.1) is 5.92 Å². The first kappa shape index (κ1) is 13.1. The standard InChI is InChI=1S/C11H16N8S/c12-18-10-15-9(13-6-8-2-5-20-7-8)16-11(17-10)19-4-1-3-14-19/h1,3-4,8H,2,5-7,12H2,(H2,13,15,16,17,18). The molecule has 1 saturated heterocycles. The maximum Gasteiger partial charge on any atom is 0.257 e. The van der Waals surface area contributed by atoms with Crippen molar-refractivity contribution in [2.24, 2.45) is 11.8 Å². The molecule has 3 rings (SSSR count). The second kappa shape index (κ2) is 6.06. The molecule has 0 radical (unpaired) electrons. The molecule has 3 heterocycles. The molecule has 2 aromatic heterocycles. The van der Waals surface area contributed by atoms with Crippen LogP contribution < -0.4 is 16.6 Å². The molecular formula is C11H16N8S. The molecule has 4 N–H and O–H groups in total. The highest BCUT2D eigenvalue weighted by Gasteiger charge is 2.16. The largest absolute Gasteiger partial charge is 0.354 e. The molecule has 2 aromatic rings. The Bertz CT molecular complexity index is 552. The number of thioether (sulfide) groups is 1. The molecule has 0 bridgehead atoms. The monoisotopic (exact) mass is 292 g/mol. The summed E-state index contributed by atoms with van der Waals surface area (Å²) in [5.41, 5.74) is 2.45. The van der Waals surface area contributed by atoms with Crippen molar-refractivity contribution in [2.75, 3.05) is 28.8 Å². The zero-order valence-corrected chi connectivity index (χ0v) is 11.7. The molecule has 0 amide bonds. The Hall–Kier alpha value is -1.87. The van der Waals surface area contributed by atoms with Crippen LogP contribution in [0.5, 0.6) is 0 Å². The van der Waals surface area contributed by atoms with Crippen molar-refractivity contribution in [1.82, 2.24) is 24.7 Å². The summed E-state index contributed by atoms with van der Waals surface area (Å²) in [5.74, 6) is 9.74. The Morgan fingerprint density at radius 2 is 2.25 bits per heavy atom. The minimum atomic E-state index is 0.314. The molecule has 1 unspecified atom stereocenters. The summed E-state index contributed by atoms with van der Waals surface area (Å²) in [6, 6.07) is 1.81. The van der Waals surface area contributed by atoms with Crippen molar-refractivity contribution < 1.29 is 0 Å². The van der Waals surface area contributed by atoms with Gasteiger partial charge in [-0.25, -0.2) is 10.5 Å². The minimum Gasteiger partial charge on any atom is -0.354 e. The van der Waals surface area contributed by atoms with Crippen LogP contribution in [0.15, 0.2) is 18.5 Å². The fourth-order valence-corrected chi connectivity index (χ4v) is 3.26. The smallest absolute Gasteiger partial charge is 0.257 e. The van der Waals surface area contributed by atoms with Gasteiger partial charge in [0, 0.05) is 18.9 Å². The minimum absolute atomic E-state index is 0.314. The fraction of sp³-hybridized carbons (Fsp3) is 0.455. The molecule has 0 aromatic carbocycles. The zero-order chi connectivity index (χ0) is 13.8. The van der Waals surface area contributed by atoms with Crippen molar-refractivity contribution in [1.29, 1.82) is 0 Å². The molecule has 1 aliphatic rings. The molecule has 9 heteroatoms. The van der Waals surface area contributed by atoms with Gasteiger partial charge in [-0.15, -0.1) is 0 Å². The van der Waals surface area contributed by atoms with E-state index in [0.717, 1.165) is 6.54 Å². The summed E-state index contributed by atoms with van der Waals surface area (Å²) >= 11 is 1.99. The van der Waals surface area contributed by atoms with E-state index in [1.54, 1.807) is 17.1 Å².